The summed E-state index contributed by atoms with van der Waals surface area (Å²) in [6, 6.07) is 10.8. The van der Waals surface area contributed by atoms with Gasteiger partial charge in [-0.1, -0.05) is 28.2 Å². The van der Waals surface area contributed by atoms with E-state index in [4.69, 9.17) is 21.1 Å². The predicted molar refractivity (Wildman–Crippen MR) is 113 cm³/mol. The van der Waals surface area contributed by atoms with E-state index in [0.29, 0.717) is 34.1 Å². The van der Waals surface area contributed by atoms with Crippen LogP contribution >= 0.6 is 23.1 Å². The number of fused-ring (bicyclic) bond motifs is 1. The monoisotopic (exact) mass is 443 g/mol. The summed E-state index contributed by atoms with van der Waals surface area (Å²) in [6.45, 7) is 2.10. The molecule has 1 amide bonds. The molecule has 2 heterocycles. The first-order chi connectivity index (χ1) is 14.5. The lowest BCUT2D eigenvalue weighted by molar-refractivity contribution is 0.0600. The fraction of sp³-hybridized carbons (Fsp3) is 0.238. The smallest absolute Gasteiger partial charge is 0.337 e. The van der Waals surface area contributed by atoms with E-state index >= 15 is 0 Å². The van der Waals surface area contributed by atoms with Gasteiger partial charge in [0, 0.05) is 22.6 Å². The Morgan fingerprint density at radius 2 is 2.07 bits per heavy atom. The highest BCUT2D eigenvalue weighted by molar-refractivity contribution is 7.08. The van der Waals surface area contributed by atoms with Crippen LogP contribution in [-0.2, 0) is 11.2 Å². The molecule has 30 heavy (non-hydrogen) atoms. The maximum atomic E-state index is 12.3. The summed E-state index contributed by atoms with van der Waals surface area (Å²) >= 11 is 7.40. The molecule has 7 nitrogen and oxygen atoms in total. The molecule has 1 aliphatic rings. The van der Waals surface area contributed by atoms with Crippen molar-refractivity contribution in [2.45, 2.75) is 19.4 Å². The molecule has 154 valence electrons. The van der Waals surface area contributed by atoms with E-state index in [9.17, 15) is 9.59 Å². The van der Waals surface area contributed by atoms with E-state index in [1.807, 2.05) is 24.3 Å². The molecule has 1 atom stereocenters. The van der Waals surface area contributed by atoms with E-state index in [0.717, 1.165) is 34.0 Å². The third-order valence-corrected chi connectivity index (χ3v) is 5.87. The molecule has 0 saturated carbocycles. The number of aryl methyl sites for hydroxylation is 1. The first-order valence-corrected chi connectivity index (χ1v) is 10.4. The fourth-order valence-corrected chi connectivity index (χ4v) is 4.17. The van der Waals surface area contributed by atoms with Gasteiger partial charge in [-0.25, -0.2) is 4.79 Å². The maximum Gasteiger partial charge on any atom is 0.337 e. The third kappa shape index (κ3) is 4.01. The fourth-order valence-electron chi connectivity index (χ4n) is 3.35. The number of carbonyl (C=O) groups excluding carboxylic acids is 2. The van der Waals surface area contributed by atoms with Crippen LogP contribution < -0.4 is 10.1 Å². The minimum atomic E-state index is -0.392. The number of nitrogens with one attached hydrogen (secondary N) is 1. The quantitative estimate of drug-likeness (QED) is 0.605. The van der Waals surface area contributed by atoms with Crippen molar-refractivity contribution in [1.29, 1.82) is 0 Å². The minimum Gasteiger partial charge on any atom is -0.487 e. The van der Waals surface area contributed by atoms with Crippen LogP contribution in [0.4, 0.5) is 0 Å². The topological polar surface area (TPSA) is 90.4 Å². The summed E-state index contributed by atoms with van der Waals surface area (Å²) in [4.78, 5) is 24.5. The van der Waals surface area contributed by atoms with Crippen molar-refractivity contribution in [3.63, 3.8) is 0 Å². The standard InChI is InChI=1S/C21H18ClN3O4S/c1-11-19(30-25-24-11)20(26)23-10-16-8-14-7-15(22)9-17(18(14)29-16)12-3-5-13(6-4-12)21(27)28-2/h3-7,9,16H,8,10H2,1-2H3,(H,23,26)/t16-/m0/s1. The van der Waals surface area contributed by atoms with Crippen molar-refractivity contribution in [3.05, 3.63) is 63.1 Å². The zero-order valence-corrected chi connectivity index (χ0v) is 17.8. The molecule has 2 aromatic carbocycles. The van der Waals surface area contributed by atoms with Gasteiger partial charge in [-0.05, 0) is 48.3 Å². The molecule has 0 spiro atoms. The zero-order valence-electron chi connectivity index (χ0n) is 16.3. The summed E-state index contributed by atoms with van der Waals surface area (Å²) in [6.07, 6.45) is 0.417. The van der Waals surface area contributed by atoms with Crippen LogP contribution in [0, 0.1) is 6.92 Å². The number of methoxy groups -OCH3 is 1. The molecule has 3 aromatic rings. The van der Waals surface area contributed by atoms with Crippen molar-refractivity contribution in [3.8, 4) is 16.9 Å². The molecule has 0 fully saturated rings. The summed E-state index contributed by atoms with van der Waals surface area (Å²) in [5.41, 5.74) is 3.76. The lowest BCUT2D eigenvalue weighted by Gasteiger charge is -2.14. The Labute approximate surface area is 182 Å². The molecule has 1 N–H and O–H groups in total. The number of halogens is 1. The van der Waals surface area contributed by atoms with Crippen LogP contribution in [0.15, 0.2) is 36.4 Å². The average molecular weight is 444 g/mol. The van der Waals surface area contributed by atoms with Gasteiger partial charge in [-0.2, -0.15) is 0 Å². The number of ether oxygens (including phenoxy) is 2. The first kappa shape index (κ1) is 20.3. The predicted octanol–water partition coefficient (Wildman–Crippen LogP) is 3.69. The van der Waals surface area contributed by atoms with Crippen molar-refractivity contribution in [2.24, 2.45) is 0 Å². The van der Waals surface area contributed by atoms with Gasteiger partial charge in [0.25, 0.3) is 5.91 Å². The molecule has 4 rings (SSSR count). The maximum absolute atomic E-state index is 12.3. The Morgan fingerprint density at radius 3 is 2.73 bits per heavy atom. The molecular weight excluding hydrogens is 426 g/mol. The Balaban J connectivity index is 1.51. The van der Waals surface area contributed by atoms with Gasteiger partial charge in [0.15, 0.2) is 0 Å². The van der Waals surface area contributed by atoms with Gasteiger partial charge in [-0.3, -0.25) is 4.79 Å². The summed E-state index contributed by atoms with van der Waals surface area (Å²) in [7, 11) is 1.35. The number of amides is 1. The summed E-state index contributed by atoms with van der Waals surface area (Å²) < 4.78 is 14.7. The SMILES string of the molecule is COC(=O)c1ccc(-c2cc(Cl)cc3c2O[C@H](CNC(=O)c2snnc2C)C3)cc1. The number of rotatable bonds is 5. The van der Waals surface area contributed by atoms with Crippen molar-refractivity contribution in [1.82, 2.24) is 14.9 Å². The zero-order chi connectivity index (χ0) is 21.3. The number of aromatic nitrogens is 2. The molecule has 0 aliphatic carbocycles. The minimum absolute atomic E-state index is 0.210. The van der Waals surface area contributed by atoms with Gasteiger partial charge in [-0.15, -0.1) is 5.10 Å². The normalized spacial score (nSPS) is 14.7. The van der Waals surface area contributed by atoms with E-state index in [1.54, 1.807) is 19.1 Å². The summed E-state index contributed by atoms with van der Waals surface area (Å²) in [5, 5.41) is 7.34. The van der Waals surface area contributed by atoms with Crippen LogP contribution in [-0.4, -0.2) is 41.2 Å². The average Bonchev–Trinajstić information content (AvgIpc) is 3.36. The number of carbonyl (C=O) groups is 2. The molecular formula is C21H18ClN3O4S. The Hall–Kier alpha value is -2.97. The van der Waals surface area contributed by atoms with Crippen LogP contribution in [0.2, 0.25) is 5.02 Å². The molecule has 1 aliphatic heterocycles. The number of esters is 1. The highest BCUT2D eigenvalue weighted by Crippen LogP contribution is 2.41. The van der Waals surface area contributed by atoms with Gasteiger partial charge in [0.1, 0.15) is 16.7 Å². The van der Waals surface area contributed by atoms with Crippen LogP contribution in [0.3, 0.4) is 0 Å². The van der Waals surface area contributed by atoms with E-state index in [-0.39, 0.29) is 12.0 Å². The number of nitrogens with zero attached hydrogens (tertiary/aromatic N) is 2. The Morgan fingerprint density at radius 1 is 1.30 bits per heavy atom. The van der Waals surface area contributed by atoms with E-state index in [2.05, 4.69) is 14.9 Å². The van der Waals surface area contributed by atoms with Gasteiger partial charge in [0.05, 0.1) is 24.9 Å². The molecule has 0 radical (unpaired) electrons. The number of hydrogen-bond acceptors (Lipinski definition) is 7. The van der Waals surface area contributed by atoms with Crippen molar-refractivity contribution < 1.29 is 19.1 Å². The van der Waals surface area contributed by atoms with Gasteiger partial charge < -0.3 is 14.8 Å². The lowest BCUT2D eigenvalue weighted by atomic mass is 9.99. The van der Waals surface area contributed by atoms with Crippen molar-refractivity contribution >= 4 is 35.0 Å². The second-order valence-corrected chi connectivity index (χ2v) is 8.04. The van der Waals surface area contributed by atoms with Crippen molar-refractivity contribution in [2.75, 3.05) is 13.7 Å². The molecule has 9 heteroatoms. The van der Waals surface area contributed by atoms with E-state index < -0.39 is 5.97 Å². The highest BCUT2D eigenvalue weighted by Gasteiger charge is 2.27. The molecule has 1 aromatic heterocycles. The molecule has 0 saturated heterocycles. The lowest BCUT2D eigenvalue weighted by Crippen LogP contribution is -2.34. The van der Waals surface area contributed by atoms with Crippen LogP contribution in [0.5, 0.6) is 5.75 Å². The largest absolute Gasteiger partial charge is 0.487 e. The van der Waals surface area contributed by atoms with Gasteiger partial charge in [0.2, 0.25) is 0 Å². The third-order valence-electron chi connectivity index (χ3n) is 4.83. The second kappa shape index (κ2) is 8.41. The molecule has 0 unspecified atom stereocenters. The second-order valence-electron chi connectivity index (χ2n) is 6.85. The van der Waals surface area contributed by atoms with Crippen LogP contribution in [0.1, 0.15) is 31.3 Å². The number of benzene rings is 2. The summed E-state index contributed by atoms with van der Waals surface area (Å²) in [5.74, 6) is 0.134. The Kier molecular flexibility index (Phi) is 5.69. The van der Waals surface area contributed by atoms with E-state index in [1.165, 1.54) is 7.11 Å². The molecule has 0 bridgehead atoms. The highest BCUT2D eigenvalue weighted by atomic mass is 35.5. The first-order valence-electron chi connectivity index (χ1n) is 9.21. The number of hydrogen-bond donors (Lipinski definition) is 1. The Bertz CT molecular complexity index is 1110. The van der Waals surface area contributed by atoms with Crippen LogP contribution in [0.25, 0.3) is 11.1 Å². The van der Waals surface area contributed by atoms with Gasteiger partial charge >= 0.3 is 5.97 Å².